The van der Waals surface area contributed by atoms with Crippen LogP contribution in [-0.2, 0) is 0 Å². The third-order valence-corrected chi connectivity index (χ3v) is 4.37. The average molecular weight is 310 g/mol. The zero-order valence-corrected chi connectivity index (χ0v) is 12.8. The highest BCUT2D eigenvalue weighted by molar-refractivity contribution is 5.92. The number of hydrogen-bond acceptors (Lipinski definition) is 4. The number of carbonyl (C=O) groups is 1. The number of pyridine rings is 1. The van der Waals surface area contributed by atoms with Crippen molar-refractivity contribution in [2.24, 2.45) is 0 Å². The van der Waals surface area contributed by atoms with Crippen LogP contribution in [0.3, 0.4) is 0 Å². The fourth-order valence-electron chi connectivity index (χ4n) is 3.15. The lowest BCUT2D eigenvalue weighted by atomic mass is 9.99. The second-order valence-electron chi connectivity index (χ2n) is 5.84. The van der Waals surface area contributed by atoms with Crippen molar-refractivity contribution >= 4 is 5.91 Å². The largest absolute Gasteiger partial charge is 0.484 e. The van der Waals surface area contributed by atoms with Crippen LogP contribution in [0.25, 0.3) is 0 Å². The molecule has 1 fully saturated rings. The molecule has 0 N–H and O–H groups in total. The minimum atomic E-state index is -0.0413. The second kappa shape index (κ2) is 5.91. The lowest BCUT2D eigenvalue weighted by molar-refractivity contribution is 0.0782. The van der Waals surface area contributed by atoms with Crippen molar-refractivity contribution in [3.8, 4) is 11.6 Å². The molecule has 3 heterocycles. The first-order chi connectivity index (χ1) is 11.3. The zero-order chi connectivity index (χ0) is 15.6. The molecular weight excluding hydrogens is 292 g/mol. The van der Waals surface area contributed by atoms with Crippen molar-refractivity contribution in [3.63, 3.8) is 0 Å². The molecule has 2 aliphatic rings. The van der Waals surface area contributed by atoms with Gasteiger partial charge in [0.1, 0.15) is 18.9 Å². The molecule has 1 atom stereocenters. The summed E-state index contributed by atoms with van der Waals surface area (Å²) in [6, 6.07) is 13.8. The maximum Gasteiger partial charge on any atom is 0.272 e. The Bertz CT molecular complexity index is 717. The summed E-state index contributed by atoms with van der Waals surface area (Å²) in [5, 5.41) is 0. The summed E-state index contributed by atoms with van der Waals surface area (Å²) in [5.74, 6) is 1.38. The minimum Gasteiger partial charge on any atom is -0.484 e. The van der Waals surface area contributed by atoms with Gasteiger partial charge in [-0.25, -0.2) is 4.98 Å². The monoisotopic (exact) mass is 310 g/mol. The van der Waals surface area contributed by atoms with Gasteiger partial charge in [0.25, 0.3) is 11.8 Å². The molecule has 1 aromatic carbocycles. The van der Waals surface area contributed by atoms with Gasteiger partial charge < -0.3 is 14.4 Å². The summed E-state index contributed by atoms with van der Waals surface area (Å²) in [6.07, 6.45) is 0.986. The molecule has 5 nitrogen and oxygen atoms in total. The number of amides is 1. The molecule has 0 spiro atoms. The molecule has 0 radical (unpaired) electrons. The summed E-state index contributed by atoms with van der Waals surface area (Å²) in [5.41, 5.74) is 1.71. The molecule has 1 saturated heterocycles. The van der Waals surface area contributed by atoms with Gasteiger partial charge in [0, 0.05) is 19.0 Å². The van der Waals surface area contributed by atoms with E-state index in [2.05, 4.69) is 17.1 Å². The summed E-state index contributed by atoms with van der Waals surface area (Å²) in [4.78, 5) is 18.9. The van der Waals surface area contributed by atoms with E-state index in [1.54, 1.807) is 12.1 Å². The first kappa shape index (κ1) is 14.1. The molecule has 5 heteroatoms. The van der Waals surface area contributed by atoms with E-state index in [0.717, 1.165) is 19.5 Å². The average Bonchev–Trinajstić information content (AvgIpc) is 3.11. The predicted molar refractivity (Wildman–Crippen MR) is 84.9 cm³/mol. The van der Waals surface area contributed by atoms with Crippen LogP contribution in [0.5, 0.6) is 11.6 Å². The standard InChI is InChI=1S/C18H18N2O3/c21-18(15-6-7-16-17(19-15)23-11-10-22-16)20-9-8-14(12-20)13-4-2-1-3-5-13/h1-7,14H,8-12H2. The van der Waals surface area contributed by atoms with Crippen molar-refractivity contribution in [2.75, 3.05) is 26.3 Å². The molecule has 1 amide bonds. The molecule has 1 aromatic heterocycles. The van der Waals surface area contributed by atoms with Crippen molar-refractivity contribution in [3.05, 3.63) is 53.7 Å². The van der Waals surface area contributed by atoms with Crippen molar-refractivity contribution in [1.82, 2.24) is 9.88 Å². The molecular formula is C18H18N2O3. The van der Waals surface area contributed by atoms with E-state index in [4.69, 9.17) is 9.47 Å². The number of nitrogens with zero attached hydrogens (tertiary/aromatic N) is 2. The van der Waals surface area contributed by atoms with Crippen LogP contribution in [-0.4, -0.2) is 42.1 Å². The van der Waals surface area contributed by atoms with E-state index in [-0.39, 0.29) is 5.91 Å². The predicted octanol–water partition coefficient (Wildman–Crippen LogP) is 2.48. The van der Waals surface area contributed by atoms with Gasteiger partial charge in [-0.1, -0.05) is 30.3 Å². The normalized spacial score (nSPS) is 19.7. The number of likely N-dealkylation sites (tertiary alicyclic amines) is 1. The van der Waals surface area contributed by atoms with Crippen LogP contribution in [0.1, 0.15) is 28.4 Å². The second-order valence-corrected chi connectivity index (χ2v) is 5.84. The number of fused-ring (bicyclic) bond motifs is 1. The van der Waals surface area contributed by atoms with E-state index in [1.807, 2.05) is 23.1 Å². The van der Waals surface area contributed by atoms with E-state index >= 15 is 0 Å². The van der Waals surface area contributed by atoms with E-state index in [1.165, 1.54) is 5.56 Å². The Hall–Kier alpha value is -2.56. The van der Waals surface area contributed by atoms with Gasteiger partial charge in [0.05, 0.1) is 0 Å². The lowest BCUT2D eigenvalue weighted by Gasteiger charge is -2.19. The Kier molecular flexibility index (Phi) is 3.61. The van der Waals surface area contributed by atoms with Crippen LogP contribution >= 0.6 is 0 Å². The summed E-state index contributed by atoms with van der Waals surface area (Å²) >= 11 is 0. The van der Waals surface area contributed by atoms with Gasteiger partial charge in [0.2, 0.25) is 0 Å². The molecule has 2 aromatic rings. The van der Waals surface area contributed by atoms with Crippen molar-refractivity contribution in [1.29, 1.82) is 0 Å². The first-order valence-electron chi connectivity index (χ1n) is 7.92. The minimum absolute atomic E-state index is 0.0413. The van der Waals surface area contributed by atoms with Gasteiger partial charge in [-0.15, -0.1) is 0 Å². The smallest absolute Gasteiger partial charge is 0.272 e. The van der Waals surface area contributed by atoms with E-state index in [0.29, 0.717) is 36.5 Å². The highest BCUT2D eigenvalue weighted by Crippen LogP contribution is 2.30. The van der Waals surface area contributed by atoms with Gasteiger partial charge in [-0.3, -0.25) is 4.79 Å². The third-order valence-electron chi connectivity index (χ3n) is 4.37. The Labute approximate surface area is 134 Å². The van der Waals surface area contributed by atoms with Crippen LogP contribution < -0.4 is 9.47 Å². The summed E-state index contributed by atoms with van der Waals surface area (Å²) in [6.45, 7) is 2.48. The zero-order valence-electron chi connectivity index (χ0n) is 12.8. The maximum atomic E-state index is 12.7. The Morgan fingerprint density at radius 2 is 1.91 bits per heavy atom. The molecule has 118 valence electrons. The van der Waals surface area contributed by atoms with Crippen molar-refractivity contribution < 1.29 is 14.3 Å². The van der Waals surface area contributed by atoms with E-state index < -0.39 is 0 Å². The van der Waals surface area contributed by atoms with Gasteiger partial charge in [0.15, 0.2) is 5.75 Å². The van der Waals surface area contributed by atoms with Crippen LogP contribution in [0.2, 0.25) is 0 Å². The Morgan fingerprint density at radius 1 is 1.09 bits per heavy atom. The molecule has 1 unspecified atom stereocenters. The molecule has 4 rings (SSSR count). The van der Waals surface area contributed by atoms with Crippen LogP contribution in [0, 0.1) is 0 Å². The lowest BCUT2D eigenvalue weighted by Crippen LogP contribution is -2.29. The Morgan fingerprint density at radius 3 is 2.78 bits per heavy atom. The number of hydrogen-bond donors (Lipinski definition) is 0. The highest BCUT2D eigenvalue weighted by Gasteiger charge is 2.29. The first-order valence-corrected chi connectivity index (χ1v) is 7.92. The third kappa shape index (κ3) is 2.74. The van der Waals surface area contributed by atoms with Crippen LogP contribution in [0.15, 0.2) is 42.5 Å². The molecule has 0 aliphatic carbocycles. The van der Waals surface area contributed by atoms with Crippen molar-refractivity contribution in [2.45, 2.75) is 12.3 Å². The fraction of sp³-hybridized carbons (Fsp3) is 0.333. The number of ether oxygens (including phenoxy) is 2. The topological polar surface area (TPSA) is 51.7 Å². The molecule has 0 bridgehead atoms. The Balaban J connectivity index is 1.50. The maximum absolute atomic E-state index is 12.7. The molecule has 23 heavy (non-hydrogen) atoms. The molecule has 0 saturated carbocycles. The van der Waals surface area contributed by atoms with Gasteiger partial charge in [-0.2, -0.15) is 0 Å². The summed E-state index contributed by atoms with van der Waals surface area (Å²) in [7, 11) is 0. The van der Waals surface area contributed by atoms with Crippen LogP contribution in [0.4, 0.5) is 0 Å². The fourth-order valence-corrected chi connectivity index (χ4v) is 3.15. The highest BCUT2D eigenvalue weighted by atomic mass is 16.6. The number of rotatable bonds is 2. The number of aromatic nitrogens is 1. The molecule has 2 aliphatic heterocycles. The van der Waals surface area contributed by atoms with Gasteiger partial charge >= 0.3 is 0 Å². The summed E-state index contributed by atoms with van der Waals surface area (Å²) < 4.78 is 10.9. The quantitative estimate of drug-likeness (QED) is 0.855. The van der Waals surface area contributed by atoms with Gasteiger partial charge in [-0.05, 0) is 24.1 Å². The SMILES string of the molecule is O=C(c1ccc2c(n1)OCCO2)N1CCC(c2ccccc2)C1. The van der Waals surface area contributed by atoms with E-state index in [9.17, 15) is 4.79 Å². The number of benzene rings is 1. The number of carbonyl (C=O) groups excluding carboxylic acids is 1.